The molecule has 0 bridgehead atoms. The van der Waals surface area contributed by atoms with Crippen LogP contribution in [0.25, 0.3) is 0 Å². The van der Waals surface area contributed by atoms with Crippen molar-refractivity contribution in [1.29, 1.82) is 0 Å². The molecule has 3 aromatic rings. The predicted octanol–water partition coefficient (Wildman–Crippen LogP) is 4.15. The molecule has 2 aromatic carbocycles. The van der Waals surface area contributed by atoms with E-state index in [0.29, 0.717) is 6.54 Å². The molecule has 0 fully saturated rings. The molecule has 0 saturated carbocycles. The second-order valence-electron chi connectivity index (χ2n) is 6.87. The van der Waals surface area contributed by atoms with Crippen LogP contribution in [0.3, 0.4) is 0 Å². The van der Waals surface area contributed by atoms with Gasteiger partial charge in [-0.2, -0.15) is 0 Å². The van der Waals surface area contributed by atoms with Gasteiger partial charge in [0.2, 0.25) is 0 Å². The number of nitrogens with zero attached hydrogens (tertiary/aromatic N) is 2. The van der Waals surface area contributed by atoms with Gasteiger partial charge in [-0.3, -0.25) is 4.90 Å². The molecule has 1 aliphatic rings. The van der Waals surface area contributed by atoms with E-state index >= 15 is 0 Å². The summed E-state index contributed by atoms with van der Waals surface area (Å²) in [6.07, 6.45) is 0.951. The molecule has 5 heteroatoms. The number of aryl methyl sites for hydroxylation is 1. The molecule has 1 atom stereocenters. The quantitative estimate of drug-likeness (QED) is 0.681. The Kier molecular flexibility index (Phi) is 4.86. The summed E-state index contributed by atoms with van der Waals surface area (Å²) in [5.41, 5.74) is 4.71. The first-order chi connectivity index (χ1) is 13.2. The Morgan fingerprint density at radius 1 is 1.07 bits per heavy atom. The lowest BCUT2D eigenvalue weighted by molar-refractivity contribution is 0.180. The largest absolute Gasteiger partial charge is 0.493 e. The summed E-state index contributed by atoms with van der Waals surface area (Å²) in [6, 6.07) is 16.9. The molecule has 1 unspecified atom stereocenters. The van der Waals surface area contributed by atoms with Crippen LogP contribution in [0.2, 0.25) is 0 Å². The zero-order valence-electron chi connectivity index (χ0n) is 15.9. The van der Waals surface area contributed by atoms with E-state index in [0.717, 1.165) is 35.9 Å². The van der Waals surface area contributed by atoms with Crippen molar-refractivity contribution in [1.82, 2.24) is 10.1 Å². The van der Waals surface area contributed by atoms with Gasteiger partial charge >= 0.3 is 0 Å². The number of aromatic nitrogens is 1. The SMILES string of the molecule is COc1cc2c(cc1OC)C(c1ccccc1)N(Cc1cc(C)no1)CC2. The first-order valence-electron chi connectivity index (χ1n) is 9.15. The fraction of sp³-hybridized carbons (Fsp3) is 0.318. The third-order valence-corrected chi connectivity index (χ3v) is 5.12. The number of benzene rings is 2. The van der Waals surface area contributed by atoms with Gasteiger partial charge in [-0.1, -0.05) is 35.5 Å². The monoisotopic (exact) mass is 364 g/mol. The van der Waals surface area contributed by atoms with Gasteiger partial charge in [-0.25, -0.2) is 0 Å². The molecule has 27 heavy (non-hydrogen) atoms. The highest BCUT2D eigenvalue weighted by molar-refractivity contribution is 5.51. The molecule has 0 amide bonds. The van der Waals surface area contributed by atoms with Crippen LogP contribution in [0.15, 0.2) is 53.1 Å². The maximum absolute atomic E-state index is 5.57. The molecule has 4 rings (SSSR count). The van der Waals surface area contributed by atoms with Crippen LogP contribution in [0.5, 0.6) is 11.5 Å². The second kappa shape index (κ2) is 7.45. The molecule has 1 aliphatic heterocycles. The van der Waals surface area contributed by atoms with Crippen LogP contribution in [0.4, 0.5) is 0 Å². The van der Waals surface area contributed by atoms with Crippen LogP contribution in [-0.2, 0) is 13.0 Å². The first kappa shape index (κ1) is 17.6. The topological polar surface area (TPSA) is 47.7 Å². The summed E-state index contributed by atoms with van der Waals surface area (Å²) < 4.78 is 16.6. The maximum atomic E-state index is 5.57. The van der Waals surface area contributed by atoms with Gasteiger partial charge in [0.05, 0.1) is 32.5 Å². The van der Waals surface area contributed by atoms with Crippen LogP contribution in [0.1, 0.15) is 34.2 Å². The van der Waals surface area contributed by atoms with Gasteiger partial charge in [-0.15, -0.1) is 0 Å². The zero-order chi connectivity index (χ0) is 18.8. The highest BCUT2D eigenvalue weighted by Crippen LogP contribution is 2.41. The van der Waals surface area contributed by atoms with E-state index in [1.54, 1.807) is 14.2 Å². The predicted molar refractivity (Wildman–Crippen MR) is 103 cm³/mol. The summed E-state index contributed by atoms with van der Waals surface area (Å²) in [4.78, 5) is 2.43. The van der Waals surface area contributed by atoms with Gasteiger partial charge in [0.15, 0.2) is 17.3 Å². The lowest BCUT2D eigenvalue weighted by Gasteiger charge is -2.37. The van der Waals surface area contributed by atoms with Crippen molar-refractivity contribution in [2.24, 2.45) is 0 Å². The molecular formula is C22H24N2O3. The second-order valence-corrected chi connectivity index (χ2v) is 6.87. The molecule has 140 valence electrons. The van der Waals surface area contributed by atoms with E-state index in [1.807, 2.05) is 19.1 Å². The third kappa shape index (κ3) is 3.43. The lowest BCUT2D eigenvalue weighted by atomic mass is 9.87. The standard InChI is InChI=1S/C22H24N2O3/c1-15-11-18(27-23-15)14-24-10-9-17-12-20(25-2)21(26-3)13-19(17)22(24)16-7-5-4-6-8-16/h4-8,11-13,22H,9-10,14H2,1-3H3. The summed E-state index contributed by atoms with van der Waals surface area (Å²) in [5, 5.41) is 4.04. The first-order valence-corrected chi connectivity index (χ1v) is 9.15. The Balaban J connectivity index is 1.78. The van der Waals surface area contributed by atoms with E-state index in [2.05, 4.69) is 46.5 Å². The number of hydrogen-bond donors (Lipinski definition) is 0. The van der Waals surface area contributed by atoms with Crippen LogP contribution in [-0.4, -0.2) is 30.8 Å². The van der Waals surface area contributed by atoms with Gasteiger partial charge in [0, 0.05) is 12.6 Å². The van der Waals surface area contributed by atoms with Gasteiger partial charge in [-0.05, 0) is 42.2 Å². The Morgan fingerprint density at radius 2 is 1.81 bits per heavy atom. The fourth-order valence-corrected chi connectivity index (χ4v) is 3.88. The van der Waals surface area contributed by atoms with Crippen molar-refractivity contribution < 1.29 is 14.0 Å². The average Bonchev–Trinajstić information content (AvgIpc) is 3.12. The molecule has 2 heterocycles. The van der Waals surface area contributed by atoms with E-state index in [1.165, 1.54) is 16.7 Å². The summed E-state index contributed by atoms with van der Waals surface area (Å²) in [5.74, 6) is 2.43. The smallest absolute Gasteiger partial charge is 0.161 e. The summed E-state index contributed by atoms with van der Waals surface area (Å²) in [6.45, 7) is 3.60. The molecule has 0 N–H and O–H groups in total. The van der Waals surface area contributed by atoms with Crippen molar-refractivity contribution >= 4 is 0 Å². The number of ether oxygens (including phenoxy) is 2. The Bertz CT molecular complexity index is 921. The lowest BCUT2D eigenvalue weighted by Crippen LogP contribution is -2.35. The van der Waals surface area contributed by atoms with Crippen molar-refractivity contribution in [3.05, 3.63) is 76.7 Å². The number of hydrogen-bond acceptors (Lipinski definition) is 5. The third-order valence-electron chi connectivity index (χ3n) is 5.12. The van der Waals surface area contributed by atoms with Crippen molar-refractivity contribution in [3.63, 3.8) is 0 Å². The van der Waals surface area contributed by atoms with Gasteiger partial charge in [0.1, 0.15) is 0 Å². The van der Waals surface area contributed by atoms with Gasteiger partial charge < -0.3 is 14.0 Å². The van der Waals surface area contributed by atoms with Crippen molar-refractivity contribution in [2.45, 2.75) is 25.9 Å². The highest BCUT2D eigenvalue weighted by Gasteiger charge is 2.31. The highest BCUT2D eigenvalue weighted by atomic mass is 16.5. The Morgan fingerprint density at radius 3 is 2.48 bits per heavy atom. The van der Waals surface area contributed by atoms with E-state index in [4.69, 9.17) is 14.0 Å². The average molecular weight is 364 g/mol. The summed E-state index contributed by atoms with van der Waals surface area (Å²) >= 11 is 0. The molecule has 0 radical (unpaired) electrons. The molecule has 0 spiro atoms. The zero-order valence-corrected chi connectivity index (χ0v) is 15.9. The van der Waals surface area contributed by atoms with Crippen LogP contribution < -0.4 is 9.47 Å². The van der Waals surface area contributed by atoms with Crippen LogP contribution >= 0.6 is 0 Å². The van der Waals surface area contributed by atoms with E-state index in [9.17, 15) is 0 Å². The molecule has 5 nitrogen and oxygen atoms in total. The molecule has 0 saturated heterocycles. The fourth-order valence-electron chi connectivity index (χ4n) is 3.88. The molecule has 0 aliphatic carbocycles. The minimum Gasteiger partial charge on any atom is -0.493 e. The minimum absolute atomic E-state index is 0.125. The van der Waals surface area contributed by atoms with Gasteiger partial charge in [0.25, 0.3) is 0 Å². The minimum atomic E-state index is 0.125. The summed E-state index contributed by atoms with van der Waals surface area (Å²) in [7, 11) is 3.36. The number of rotatable bonds is 5. The van der Waals surface area contributed by atoms with E-state index in [-0.39, 0.29) is 6.04 Å². The Labute approximate surface area is 159 Å². The van der Waals surface area contributed by atoms with E-state index < -0.39 is 0 Å². The normalized spacial score (nSPS) is 16.8. The maximum Gasteiger partial charge on any atom is 0.161 e. The van der Waals surface area contributed by atoms with Crippen molar-refractivity contribution in [3.8, 4) is 11.5 Å². The number of methoxy groups -OCH3 is 2. The van der Waals surface area contributed by atoms with Crippen molar-refractivity contribution in [2.75, 3.05) is 20.8 Å². The Hall–Kier alpha value is -2.79. The molecular weight excluding hydrogens is 340 g/mol. The molecule has 1 aromatic heterocycles. The number of fused-ring (bicyclic) bond motifs is 1. The van der Waals surface area contributed by atoms with Crippen LogP contribution in [0, 0.1) is 6.92 Å².